The molecule has 0 bridgehead atoms. The van der Waals surface area contributed by atoms with E-state index in [1.54, 1.807) is 36.4 Å². The number of hydrogen-bond donors (Lipinski definition) is 0. The monoisotopic (exact) mass is 320 g/mol. The van der Waals surface area contributed by atoms with Crippen molar-refractivity contribution in [3.8, 4) is 17.2 Å². The first-order chi connectivity index (χ1) is 9.24. The van der Waals surface area contributed by atoms with Crippen LogP contribution in [0.5, 0.6) is 17.2 Å². The second-order valence-corrected chi connectivity index (χ2v) is 4.74. The fourth-order valence-electron chi connectivity index (χ4n) is 1.73. The van der Waals surface area contributed by atoms with Gasteiger partial charge >= 0.3 is 5.97 Å². The zero-order valence-corrected chi connectivity index (χ0v) is 11.3. The van der Waals surface area contributed by atoms with Crippen LogP contribution in [0.3, 0.4) is 0 Å². The van der Waals surface area contributed by atoms with Gasteiger partial charge in [-0.3, -0.25) is 0 Å². The molecule has 0 spiro atoms. The van der Waals surface area contributed by atoms with Crippen molar-refractivity contribution in [3.63, 3.8) is 0 Å². The van der Waals surface area contributed by atoms with Crippen LogP contribution in [0.2, 0.25) is 0 Å². The van der Waals surface area contributed by atoms with Gasteiger partial charge in [0.05, 0.1) is 5.56 Å². The first-order valence-electron chi connectivity index (χ1n) is 5.60. The molecule has 1 aliphatic rings. The number of carbonyl (C=O) groups is 1. The van der Waals surface area contributed by atoms with E-state index in [2.05, 4.69) is 15.9 Å². The van der Waals surface area contributed by atoms with Gasteiger partial charge in [0.15, 0.2) is 11.5 Å². The highest BCUT2D eigenvalue weighted by molar-refractivity contribution is 9.10. The van der Waals surface area contributed by atoms with Gasteiger partial charge in [0, 0.05) is 10.5 Å². The Hall–Kier alpha value is -2.01. The third kappa shape index (κ3) is 2.42. The lowest BCUT2D eigenvalue weighted by molar-refractivity contribution is 0.0733. The molecule has 19 heavy (non-hydrogen) atoms. The summed E-state index contributed by atoms with van der Waals surface area (Å²) in [5.41, 5.74) is 0.472. The molecule has 5 heteroatoms. The average Bonchev–Trinajstić information content (AvgIpc) is 2.86. The minimum atomic E-state index is -0.425. The number of carbonyl (C=O) groups excluding carboxylic acids is 1. The number of halogens is 1. The van der Waals surface area contributed by atoms with Crippen LogP contribution >= 0.6 is 15.9 Å². The maximum Gasteiger partial charge on any atom is 0.344 e. The smallest absolute Gasteiger partial charge is 0.344 e. The maximum atomic E-state index is 12.0. The molecule has 0 saturated heterocycles. The van der Waals surface area contributed by atoms with E-state index in [-0.39, 0.29) is 6.79 Å². The molecule has 2 aromatic carbocycles. The lowest BCUT2D eigenvalue weighted by Gasteiger charge is -2.06. The van der Waals surface area contributed by atoms with Crippen LogP contribution < -0.4 is 14.2 Å². The molecular formula is C14H9BrO4. The summed E-state index contributed by atoms with van der Waals surface area (Å²) in [6, 6.07) is 12.1. The second kappa shape index (κ2) is 4.93. The van der Waals surface area contributed by atoms with Crippen molar-refractivity contribution in [1.82, 2.24) is 0 Å². The Labute approximate surface area is 118 Å². The highest BCUT2D eigenvalue weighted by atomic mass is 79.9. The molecule has 0 aliphatic carbocycles. The molecule has 2 aromatic rings. The number of ether oxygens (including phenoxy) is 3. The van der Waals surface area contributed by atoms with Crippen LogP contribution in [0.4, 0.5) is 0 Å². The van der Waals surface area contributed by atoms with Gasteiger partial charge in [-0.25, -0.2) is 4.79 Å². The Balaban J connectivity index is 1.82. The summed E-state index contributed by atoms with van der Waals surface area (Å²) in [4.78, 5) is 12.0. The SMILES string of the molecule is O=C(Oc1ccc2c(c1)OCO2)c1ccccc1Br. The van der Waals surface area contributed by atoms with Crippen LogP contribution in [0.1, 0.15) is 10.4 Å². The number of fused-ring (bicyclic) bond motifs is 1. The van der Waals surface area contributed by atoms with E-state index >= 15 is 0 Å². The van der Waals surface area contributed by atoms with Crippen LogP contribution in [0.15, 0.2) is 46.9 Å². The summed E-state index contributed by atoms with van der Waals surface area (Å²) in [7, 11) is 0. The summed E-state index contributed by atoms with van der Waals surface area (Å²) in [5.74, 6) is 1.23. The molecule has 1 aliphatic heterocycles. The third-order valence-corrected chi connectivity index (χ3v) is 3.34. The van der Waals surface area contributed by atoms with Gasteiger partial charge in [0.2, 0.25) is 6.79 Å². The summed E-state index contributed by atoms with van der Waals surface area (Å²) < 4.78 is 16.4. The third-order valence-electron chi connectivity index (χ3n) is 2.65. The Morgan fingerprint density at radius 1 is 1.11 bits per heavy atom. The van der Waals surface area contributed by atoms with E-state index < -0.39 is 5.97 Å². The largest absolute Gasteiger partial charge is 0.454 e. The minimum absolute atomic E-state index is 0.191. The van der Waals surface area contributed by atoms with E-state index in [9.17, 15) is 4.79 Å². The van der Waals surface area contributed by atoms with Gasteiger partial charge in [-0.05, 0) is 40.2 Å². The lowest BCUT2D eigenvalue weighted by Crippen LogP contribution is -2.09. The van der Waals surface area contributed by atoms with E-state index in [1.807, 2.05) is 6.07 Å². The lowest BCUT2D eigenvalue weighted by atomic mass is 10.2. The van der Waals surface area contributed by atoms with Crippen LogP contribution in [-0.2, 0) is 0 Å². The quantitative estimate of drug-likeness (QED) is 0.628. The molecule has 0 radical (unpaired) electrons. The van der Waals surface area contributed by atoms with Gasteiger partial charge in [0.25, 0.3) is 0 Å². The number of rotatable bonds is 2. The zero-order valence-electron chi connectivity index (χ0n) is 9.76. The highest BCUT2D eigenvalue weighted by Crippen LogP contribution is 2.35. The molecule has 1 heterocycles. The second-order valence-electron chi connectivity index (χ2n) is 3.88. The van der Waals surface area contributed by atoms with Crippen LogP contribution in [0, 0.1) is 0 Å². The molecule has 0 saturated carbocycles. The van der Waals surface area contributed by atoms with Crippen molar-refractivity contribution in [1.29, 1.82) is 0 Å². The Bertz CT molecular complexity index is 639. The van der Waals surface area contributed by atoms with E-state index in [4.69, 9.17) is 14.2 Å². The summed E-state index contributed by atoms with van der Waals surface area (Å²) >= 11 is 3.31. The van der Waals surface area contributed by atoms with Crippen molar-refractivity contribution < 1.29 is 19.0 Å². The van der Waals surface area contributed by atoms with E-state index in [1.165, 1.54) is 0 Å². The predicted octanol–water partition coefficient (Wildman–Crippen LogP) is 3.40. The number of hydrogen-bond acceptors (Lipinski definition) is 4. The molecule has 0 N–H and O–H groups in total. The molecule has 0 fully saturated rings. The minimum Gasteiger partial charge on any atom is -0.454 e. The molecule has 4 nitrogen and oxygen atoms in total. The first-order valence-corrected chi connectivity index (χ1v) is 6.40. The molecule has 0 aromatic heterocycles. The molecule has 96 valence electrons. The van der Waals surface area contributed by atoms with Gasteiger partial charge in [-0.15, -0.1) is 0 Å². The summed E-state index contributed by atoms with van der Waals surface area (Å²) in [5, 5.41) is 0. The van der Waals surface area contributed by atoms with Crippen LogP contribution in [0.25, 0.3) is 0 Å². The Kier molecular flexibility index (Phi) is 3.13. The van der Waals surface area contributed by atoms with Gasteiger partial charge in [-0.1, -0.05) is 12.1 Å². The average molecular weight is 321 g/mol. The molecule has 3 rings (SSSR count). The maximum absolute atomic E-state index is 12.0. The fraction of sp³-hybridized carbons (Fsp3) is 0.0714. The van der Waals surface area contributed by atoms with Gasteiger partial charge in [0.1, 0.15) is 5.75 Å². The Morgan fingerprint density at radius 3 is 2.74 bits per heavy atom. The Morgan fingerprint density at radius 2 is 1.89 bits per heavy atom. The summed E-state index contributed by atoms with van der Waals surface area (Å²) in [6.07, 6.45) is 0. The van der Waals surface area contributed by atoms with E-state index in [0.29, 0.717) is 27.3 Å². The molecule has 0 unspecified atom stereocenters. The number of benzene rings is 2. The van der Waals surface area contributed by atoms with E-state index in [0.717, 1.165) is 0 Å². The highest BCUT2D eigenvalue weighted by Gasteiger charge is 2.16. The van der Waals surface area contributed by atoms with Crippen molar-refractivity contribution in [2.45, 2.75) is 0 Å². The van der Waals surface area contributed by atoms with Crippen molar-refractivity contribution in [2.75, 3.05) is 6.79 Å². The first kappa shape index (κ1) is 12.0. The van der Waals surface area contributed by atoms with Crippen molar-refractivity contribution in [3.05, 3.63) is 52.5 Å². The summed E-state index contributed by atoms with van der Waals surface area (Å²) in [6.45, 7) is 0.191. The number of esters is 1. The fourth-order valence-corrected chi connectivity index (χ4v) is 2.18. The van der Waals surface area contributed by atoms with Crippen LogP contribution in [-0.4, -0.2) is 12.8 Å². The van der Waals surface area contributed by atoms with Gasteiger partial charge < -0.3 is 14.2 Å². The topological polar surface area (TPSA) is 44.8 Å². The molecule has 0 amide bonds. The molecular weight excluding hydrogens is 312 g/mol. The predicted molar refractivity (Wildman–Crippen MR) is 71.7 cm³/mol. The van der Waals surface area contributed by atoms with Crippen molar-refractivity contribution in [2.24, 2.45) is 0 Å². The molecule has 0 atom stereocenters. The zero-order chi connectivity index (χ0) is 13.2. The normalized spacial score (nSPS) is 12.3. The van der Waals surface area contributed by atoms with Crippen molar-refractivity contribution >= 4 is 21.9 Å². The van der Waals surface area contributed by atoms with Gasteiger partial charge in [-0.2, -0.15) is 0 Å². The standard InChI is InChI=1S/C14H9BrO4/c15-11-4-2-1-3-10(11)14(16)19-9-5-6-12-13(7-9)18-8-17-12/h1-7H,8H2.